The molecular formula is C21H35N3O4. The van der Waals surface area contributed by atoms with Gasteiger partial charge in [-0.15, -0.1) is 0 Å². The number of hydrogen-bond donors (Lipinski definition) is 2. The molecule has 0 saturated carbocycles. The van der Waals surface area contributed by atoms with Crippen LogP contribution < -0.4 is 20.1 Å². The molecule has 0 aromatic heterocycles. The van der Waals surface area contributed by atoms with Crippen molar-refractivity contribution in [3.63, 3.8) is 0 Å². The van der Waals surface area contributed by atoms with Crippen molar-refractivity contribution >= 4 is 11.9 Å². The Kier molecular flexibility index (Phi) is 12.3. The van der Waals surface area contributed by atoms with Crippen molar-refractivity contribution in [1.29, 1.82) is 0 Å². The number of esters is 1. The Balaban J connectivity index is 2.30. The van der Waals surface area contributed by atoms with E-state index in [-0.39, 0.29) is 12.1 Å². The number of aliphatic imine (C=N–C) groups is 1. The highest BCUT2D eigenvalue weighted by Crippen LogP contribution is 2.19. The summed E-state index contributed by atoms with van der Waals surface area (Å²) in [6.45, 7) is 6.23. The average molecular weight is 394 g/mol. The van der Waals surface area contributed by atoms with Crippen LogP contribution >= 0.6 is 0 Å². The van der Waals surface area contributed by atoms with Crippen LogP contribution in [0.15, 0.2) is 29.3 Å². The number of methoxy groups -OCH3 is 2. The number of carbonyl (C=O) groups excluding carboxylic acids is 1. The van der Waals surface area contributed by atoms with Gasteiger partial charge in [0, 0.05) is 25.6 Å². The summed E-state index contributed by atoms with van der Waals surface area (Å²) in [5, 5.41) is 6.59. The predicted molar refractivity (Wildman–Crippen MR) is 112 cm³/mol. The first-order chi connectivity index (χ1) is 13.6. The summed E-state index contributed by atoms with van der Waals surface area (Å²) in [7, 11) is 3.07. The Bertz CT molecular complexity index is 593. The van der Waals surface area contributed by atoms with Gasteiger partial charge in [-0.1, -0.05) is 18.9 Å². The van der Waals surface area contributed by atoms with Crippen molar-refractivity contribution in [1.82, 2.24) is 10.6 Å². The standard InChI is InChI=1S/C21H35N3O4/c1-5-22-21(23-14-9-7-6-8-13-20(25)27-4)24-16-17(2)28-19-12-10-11-18(15-19)26-3/h10-12,15,17H,5-9,13-14,16H2,1-4H3,(H2,22,23,24). The summed E-state index contributed by atoms with van der Waals surface area (Å²) in [5.74, 6) is 2.20. The lowest BCUT2D eigenvalue weighted by atomic mass is 10.1. The highest BCUT2D eigenvalue weighted by Gasteiger charge is 2.06. The first kappa shape index (κ1) is 23.6. The zero-order chi connectivity index (χ0) is 20.6. The van der Waals surface area contributed by atoms with E-state index in [4.69, 9.17) is 9.47 Å². The van der Waals surface area contributed by atoms with Crippen molar-refractivity contribution in [2.45, 2.75) is 52.1 Å². The lowest BCUT2D eigenvalue weighted by Crippen LogP contribution is -2.38. The van der Waals surface area contributed by atoms with E-state index in [0.717, 1.165) is 56.2 Å². The van der Waals surface area contributed by atoms with Crippen LogP contribution in [0.3, 0.4) is 0 Å². The number of hydrogen-bond acceptors (Lipinski definition) is 5. The predicted octanol–water partition coefficient (Wildman–Crippen LogP) is 3.14. The van der Waals surface area contributed by atoms with Crippen LogP contribution in [0.4, 0.5) is 0 Å². The molecule has 158 valence electrons. The molecule has 1 unspecified atom stereocenters. The largest absolute Gasteiger partial charge is 0.497 e. The monoisotopic (exact) mass is 393 g/mol. The van der Waals surface area contributed by atoms with E-state index in [1.807, 2.05) is 38.1 Å². The molecule has 7 nitrogen and oxygen atoms in total. The van der Waals surface area contributed by atoms with Gasteiger partial charge in [-0.25, -0.2) is 4.99 Å². The summed E-state index contributed by atoms with van der Waals surface area (Å²) < 4.78 is 15.8. The second kappa shape index (κ2) is 14.6. The first-order valence-electron chi connectivity index (χ1n) is 9.98. The smallest absolute Gasteiger partial charge is 0.305 e. The Morgan fingerprint density at radius 1 is 1.11 bits per heavy atom. The topological polar surface area (TPSA) is 81.2 Å². The average Bonchev–Trinajstić information content (AvgIpc) is 2.71. The summed E-state index contributed by atoms with van der Waals surface area (Å²) in [4.78, 5) is 15.7. The second-order valence-corrected chi connectivity index (χ2v) is 6.49. The minimum Gasteiger partial charge on any atom is -0.497 e. The number of unbranched alkanes of at least 4 members (excludes halogenated alkanes) is 3. The number of nitrogens with one attached hydrogen (secondary N) is 2. The fourth-order valence-corrected chi connectivity index (χ4v) is 2.56. The molecule has 0 amide bonds. The molecule has 0 aliphatic heterocycles. The maximum Gasteiger partial charge on any atom is 0.305 e. The molecule has 0 aliphatic carbocycles. The van der Waals surface area contributed by atoms with E-state index in [2.05, 4.69) is 20.4 Å². The molecule has 0 spiro atoms. The van der Waals surface area contributed by atoms with Crippen LogP contribution in [-0.4, -0.2) is 51.9 Å². The summed E-state index contributed by atoms with van der Waals surface area (Å²) in [6, 6.07) is 7.57. The van der Waals surface area contributed by atoms with Gasteiger partial charge in [0.1, 0.15) is 17.6 Å². The van der Waals surface area contributed by atoms with Crippen LogP contribution in [0.1, 0.15) is 46.0 Å². The van der Waals surface area contributed by atoms with Crippen LogP contribution in [0.2, 0.25) is 0 Å². The third-order valence-corrected chi connectivity index (χ3v) is 4.06. The SMILES string of the molecule is CCNC(=NCC(C)Oc1cccc(OC)c1)NCCCCCCC(=O)OC. The lowest BCUT2D eigenvalue weighted by molar-refractivity contribution is -0.140. The van der Waals surface area contributed by atoms with E-state index >= 15 is 0 Å². The van der Waals surface area contributed by atoms with Gasteiger partial charge in [0.15, 0.2) is 5.96 Å². The molecule has 0 aliphatic rings. The highest BCUT2D eigenvalue weighted by atomic mass is 16.5. The quantitative estimate of drug-likeness (QED) is 0.232. The van der Waals surface area contributed by atoms with Gasteiger partial charge in [0.2, 0.25) is 0 Å². The second-order valence-electron chi connectivity index (χ2n) is 6.49. The van der Waals surface area contributed by atoms with Crippen molar-refractivity contribution in [3.05, 3.63) is 24.3 Å². The van der Waals surface area contributed by atoms with Gasteiger partial charge in [-0.2, -0.15) is 0 Å². The Labute approximate surface area is 168 Å². The first-order valence-corrected chi connectivity index (χ1v) is 9.98. The molecule has 0 fully saturated rings. The van der Waals surface area contributed by atoms with E-state index in [1.54, 1.807) is 7.11 Å². The summed E-state index contributed by atoms with van der Waals surface area (Å²) in [6.07, 6.45) is 4.44. The highest BCUT2D eigenvalue weighted by molar-refractivity contribution is 5.79. The van der Waals surface area contributed by atoms with E-state index in [1.165, 1.54) is 7.11 Å². The number of benzene rings is 1. The Morgan fingerprint density at radius 2 is 1.86 bits per heavy atom. The number of nitrogens with zero attached hydrogens (tertiary/aromatic N) is 1. The van der Waals surface area contributed by atoms with E-state index < -0.39 is 0 Å². The number of carbonyl (C=O) groups is 1. The van der Waals surface area contributed by atoms with Gasteiger partial charge in [0.05, 0.1) is 20.8 Å². The maximum atomic E-state index is 11.1. The van der Waals surface area contributed by atoms with Crippen molar-refractivity contribution in [3.8, 4) is 11.5 Å². The molecule has 0 bridgehead atoms. The normalized spacial score (nSPS) is 12.2. The molecule has 1 aromatic carbocycles. The Hall–Kier alpha value is -2.44. The third kappa shape index (κ3) is 10.6. The van der Waals surface area contributed by atoms with Crippen LogP contribution in [-0.2, 0) is 9.53 Å². The van der Waals surface area contributed by atoms with Gasteiger partial charge in [-0.05, 0) is 38.8 Å². The molecule has 7 heteroatoms. The van der Waals surface area contributed by atoms with Crippen molar-refractivity contribution in [2.75, 3.05) is 33.9 Å². The van der Waals surface area contributed by atoms with Crippen LogP contribution in [0.5, 0.6) is 11.5 Å². The minimum absolute atomic E-state index is 0.0547. The summed E-state index contributed by atoms with van der Waals surface area (Å²) >= 11 is 0. The number of ether oxygens (including phenoxy) is 3. The fraction of sp³-hybridized carbons (Fsp3) is 0.619. The zero-order valence-electron chi connectivity index (χ0n) is 17.6. The van der Waals surface area contributed by atoms with Gasteiger partial charge in [0.25, 0.3) is 0 Å². The molecule has 1 rings (SSSR count). The minimum atomic E-state index is -0.134. The molecule has 2 N–H and O–H groups in total. The number of rotatable bonds is 13. The molecule has 1 atom stereocenters. The van der Waals surface area contributed by atoms with Gasteiger partial charge >= 0.3 is 5.97 Å². The van der Waals surface area contributed by atoms with Crippen LogP contribution in [0, 0.1) is 0 Å². The van der Waals surface area contributed by atoms with Crippen molar-refractivity contribution < 1.29 is 19.0 Å². The van der Waals surface area contributed by atoms with Gasteiger partial charge < -0.3 is 24.8 Å². The van der Waals surface area contributed by atoms with Crippen molar-refractivity contribution in [2.24, 2.45) is 4.99 Å². The fourth-order valence-electron chi connectivity index (χ4n) is 2.56. The van der Waals surface area contributed by atoms with Crippen LogP contribution in [0.25, 0.3) is 0 Å². The third-order valence-electron chi connectivity index (χ3n) is 4.06. The molecule has 28 heavy (non-hydrogen) atoms. The summed E-state index contributed by atoms with van der Waals surface area (Å²) in [5.41, 5.74) is 0. The lowest BCUT2D eigenvalue weighted by Gasteiger charge is -2.15. The maximum absolute atomic E-state index is 11.1. The number of guanidine groups is 1. The Morgan fingerprint density at radius 3 is 2.57 bits per heavy atom. The molecule has 0 saturated heterocycles. The molecule has 0 heterocycles. The molecular weight excluding hydrogens is 358 g/mol. The van der Waals surface area contributed by atoms with E-state index in [9.17, 15) is 4.79 Å². The molecule has 0 radical (unpaired) electrons. The zero-order valence-corrected chi connectivity index (χ0v) is 17.6. The van der Waals surface area contributed by atoms with E-state index in [0.29, 0.717) is 13.0 Å². The molecule has 1 aromatic rings. The van der Waals surface area contributed by atoms with Gasteiger partial charge in [-0.3, -0.25) is 4.79 Å².